The Bertz CT molecular complexity index is 702. The molecule has 0 N–H and O–H groups in total. The summed E-state index contributed by atoms with van der Waals surface area (Å²) in [6.07, 6.45) is 5.22. The lowest BCUT2D eigenvalue weighted by Gasteiger charge is -2.20. The van der Waals surface area contributed by atoms with Crippen molar-refractivity contribution in [3.8, 4) is 0 Å². The zero-order valence-electron chi connectivity index (χ0n) is 15.2. The van der Waals surface area contributed by atoms with Crippen LogP contribution in [-0.2, 0) is 13.1 Å². The Labute approximate surface area is 149 Å². The largest absolute Gasteiger partial charge is 0.359 e. The number of benzene rings is 1. The third kappa shape index (κ3) is 4.92. The highest BCUT2D eigenvalue weighted by atomic mass is 16.5. The molecule has 0 spiro atoms. The molecule has 1 aromatic carbocycles. The fraction of sp³-hybridized carbons (Fsp3) is 0.500. The van der Waals surface area contributed by atoms with Crippen LogP contribution >= 0.6 is 0 Å². The Morgan fingerprint density at radius 1 is 1.20 bits per heavy atom. The Balaban J connectivity index is 1.64. The lowest BCUT2D eigenvalue weighted by molar-refractivity contribution is 0.0772. The number of nitrogens with zero attached hydrogens (tertiary/aromatic N) is 3. The number of rotatable bonds is 5. The third-order valence-electron chi connectivity index (χ3n) is 4.70. The smallest absolute Gasteiger partial charge is 0.254 e. The molecular weight excluding hydrogens is 314 g/mol. The summed E-state index contributed by atoms with van der Waals surface area (Å²) < 4.78 is 5.21. The molecule has 3 rings (SSSR count). The molecule has 5 nitrogen and oxygen atoms in total. The van der Waals surface area contributed by atoms with E-state index in [2.05, 4.69) is 16.1 Å². The first-order valence-corrected chi connectivity index (χ1v) is 9.11. The minimum Gasteiger partial charge on any atom is -0.359 e. The highest BCUT2D eigenvalue weighted by Crippen LogP contribution is 2.16. The average molecular weight is 341 g/mol. The molecule has 1 fully saturated rings. The van der Waals surface area contributed by atoms with Crippen molar-refractivity contribution in [3.63, 3.8) is 0 Å². The second-order valence-corrected chi connectivity index (χ2v) is 6.99. The van der Waals surface area contributed by atoms with Gasteiger partial charge < -0.3 is 9.42 Å². The van der Waals surface area contributed by atoms with Gasteiger partial charge in [-0.25, -0.2) is 0 Å². The highest BCUT2D eigenvalue weighted by Gasteiger charge is 2.15. The maximum Gasteiger partial charge on any atom is 0.254 e. The third-order valence-corrected chi connectivity index (χ3v) is 4.70. The summed E-state index contributed by atoms with van der Waals surface area (Å²) in [5.41, 5.74) is 2.76. The van der Waals surface area contributed by atoms with Crippen LogP contribution in [0, 0.1) is 6.92 Å². The van der Waals surface area contributed by atoms with Gasteiger partial charge in [-0.1, -0.05) is 30.1 Å². The van der Waals surface area contributed by atoms with Gasteiger partial charge in [0.25, 0.3) is 5.91 Å². The first-order valence-electron chi connectivity index (χ1n) is 9.11. The highest BCUT2D eigenvalue weighted by molar-refractivity contribution is 5.94. The maximum absolute atomic E-state index is 12.7. The van der Waals surface area contributed by atoms with Crippen molar-refractivity contribution in [2.45, 2.75) is 45.7 Å². The predicted octanol–water partition coefficient (Wildman–Crippen LogP) is 3.63. The fourth-order valence-corrected chi connectivity index (χ4v) is 3.37. The van der Waals surface area contributed by atoms with Gasteiger partial charge in [0, 0.05) is 25.2 Å². The summed E-state index contributed by atoms with van der Waals surface area (Å²) in [6, 6.07) is 9.86. The van der Waals surface area contributed by atoms with Gasteiger partial charge in [0.1, 0.15) is 0 Å². The quantitative estimate of drug-likeness (QED) is 0.833. The normalized spacial score (nSPS) is 15.8. The van der Waals surface area contributed by atoms with E-state index in [1.54, 1.807) is 11.9 Å². The van der Waals surface area contributed by atoms with Gasteiger partial charge in [-0.2, -0.15) is 0 Å². The molecule has 134 valence electrons. The van der Waals surface area contributed by atoms with E-state index in [1.807, 2.05) is 31.2 Å². The van der Waals surface area contributed by atoms with E-state index in [0.29, 0.717) is 12.3 Å². The molecule has 0 unspecified atom stereocenters. The van der Waals surface area contributed by atoms with Gasteiger partial charge in [0.05, 0.1) is 12.2 Å². The lowest BCUT2D eigenvalue weighted by atomic mass is 10.1. The van der Waals surface area contributed by atoms with E-state index in [0.717, 1.165) is 30.9 Å². The van der Waals surface area contributed by atoms with Crippen molar-refractivity contribution in [1.29, 1.82) is 0 Å². The number of likely N-dealkylation sites (tertiary alicyclic amines) is 1. The Morgan fingerprint density at radius 3 is 2.64 bits per heavy atom. The summed E-state index contributed by atoms with van der Waals surface area (Å²) in [7, 11) is 1.79. The lowest BCUT2D eigenvalue weighted by Crippen LogP contribution is -2.27. The molecule has 2 heterocycles. The van der Waals surface area contributed by atoms with Gasteiger partial charge in [0.15, 0.2) is 5.76 Å². The van der Waals surface area contributed by atoms with Crippen LogP contribution in [0.3, 0.4) is 0 Å². The first kappa shape index (κ1) is 17.7. The molecular formula is C20H27N3O2. The first-order chi connectivity index (χ1) is 12.1. The number of hydrogen-bond acceptors (Lipinski definition) is 4. The van der Waals surface area contributed by atoms with Crippen molar-refractivity contribution < 1.29 is 9.32 Å². The summed E-state index contributed by atoms with van der Waals surface area (Å²) >= 11 is 0. The van der Waals surface area contributed by atoms with Crippen LogP contribution in [0.25, 0.3) is 0 Å². The molecule has 0 aliphatic carbocycles. The van der Waals surface area contributed by atoms with Crippen molar-refractivity contribution >= 4 is 5.91 Å². The second kappa shape index (κ2) is 8.30. The summed E-state index contributed by atoms with van der Waals surface area (Å²) in [6.45, 7) is 5.54. The number of amides is 1. The van der Waals surface area contributed by atoms with Crippen molar-refractivity contribution in [1.82, 2.24) is 15.0 Å². The fourth-order valence-electron chi connectivity index (χ4n) is 3.37. The standard InChI is InChI=1S/C20H27N3O2/c1-16-12-19(25-21-16)15-22(2)20(24)18-9-7-8-17(13-18)14-23-10-5-3-4-6-11-23/h7-9,12-13H,3-6,10-11,14-15H2,1-2H3. The molecule has 2 aromatic rings. The molecule has 5 heteroatoms. The summed E-state index contributed by atoms with van der Waals surface area (Å²) in [5.74, 6) is 0.709. The van der Waals surface area contributed by atoms with Gasteiger partial charge in [-0.15, -0.1) is 0 Å². The average Bonchev–Trinajstić information content (AvgIpc) is 2.85. The summed E-state index contributed by atoms with van der Waals surface area (Å²) in [4.78, 5) is 16.9. The van der Waals surface area contributed by atoms with E-state index in [4.69, 9.17) is 4.52 Å². The predicted molar refractivity (Wildman–Crippen MR) is 97.2 cm³/mol. The monoisotopic (exact) mass is 341 g/mol. The van der Waals surface area contributed by atoms with Crippen molar-refractivity contribution in [2.75, 3.05) is 20.1 Å². The molecule has 1 aromatic heterocycles. The maximum atomic E-state index is 12.7. The Hall–Kier alpha value is -2.14. The van der Waals surface area contributed by atoms with Gasteiger partial charge >= 0.3 is 0 Å². The molecule has 1 saturated heterocycles. The van der Waals surface area contributed by atoms with E-state index < -0.39 is 0 Å². The van der Waals surface area contributed by atoms with Crippen LogP contribution in [0.2, 0.25) is 0 Å². The van der Waals surface area contributed by atoms with Crippen LogP contribution in [0.1, 0.15) is 53.1 Å². The molecule has 25 heavy (non-hydrogen) atoms. The topological polar surface area (TPSA) is 49.6 Å². The van der Waals surface area contributed by atoms with Crippen molar-refractivity contribution in [3.05, 3.63) is 52.9 Å². The SMILES string of the molecule is Cc1cc(CN(C)C(=O)c2cccc(CN3CCCCCC3)c2)on1. The van der Waals surface area contributed by atoms with E-state index in [-0.39, 0.29) is 5.91 Å². The van der Waals surface area contributed by atoms with E-state index in [9.17, 15) is 4.79 Å². The number of aromatic nitrogens is 1. The van der Waals surface area contributed by atoms with Crippen LogP contribution in [0.5, 0.6) is 0 Å². The molecule has 0 radical (unpaired) electrons. The zero-order valence-corrected chi connectivity index (χ0v) is 15.2. The number of carbonyl (C=O) groups is 1. The van der Waals surface area contributed by atoms with Gasteiger partial charge in [0.2, 0.25) is 0 Å². The number of aryl methyl sites for hydroxylation is 1. The zero-order chi connectivity index (χ0) is 17.6. The molecule has 0 bridgehead atoms. The van der Waals surface area contributed by atoms with Gasteiger partial charge in [-0.05, 0) is 50.6 Å². The molecule has 1 amide bonds. The van der Waals surface area contributed by atoms with E-state index in [1.165, 1.54) is 31.2 Å². The second-order valence-electron chi connectivity index (χ2n) is 6.99. The van der Waals surface area contributed by atoms with Gasteiger partial charge in [-0.3, -0.25) is 9.69 Å². The molecule has 1 aliphatic rings. The minimum atomic E-state index is 0.00627. The number of hydrogen-bond donors (Lipinski definition) is 0. The molecule has 1 aliphatic heterocycles. The molecule has 0 saturated carbocycles. The molecule has 0 atom stereocenters. The Morgan fingerprint density at radius 2 is 1.96 bits per heavy atom. The van der Waals surface area contributed by atoms with E-state index >= 15 is 0 Å². The van der Waals surface area contributed by atoms with Crippen molar-refractivity contribution in [2.24, 2.45) is 0 Å². The van der Waals surface area contributed by atoms with Crippen LogP contribution in [0.15, 0.2) is 34.9 Å². The van der Waals surface area contributed by atoms with Crippen LogP contribution in [0.4, 0.5) is 0 Å². The minimum absolute atomic E-state index is 0.00627. The van der Waals surface area contributed by atoms with Crippen LogP contribution < -0.4 is 0 Å². The number of carbonyl (C=O) groups excluding carboxylic acids is 1. The summed E-state index contributed by atoms with van der Waals surface area (Å²) in [5, 5.41) is 3.87. The Kier molecular flexibility index (Phi) is 5.87. The van der Waals surface area contributed by atoms with Crippen LogP contribution in [-0.4, -0.2) is 41.0 Å².